The lowest BCUT2D eigenvalue weighted by Gasteiger charge is -2.33. The number of aromatic nitrogens is 2. The predicted octanol–water partition coefficient (Wildman–Crippen LogP) is 4.75. The Balaban J connectivity index is 1.51. The quantitative estimate of drug-likeness (QED) is 0.596. The van der Waals surface area contributed by atoms with Crippen LogP contribution in [0.4, 0.5) is 0 Å². The molecule has 3 aromatic rings. The Kier molecular flexibility index (Phi) is 6.29. The van der Waals surface area contributed by atoms with Crippen LogP contribution in [0.1, 0.15) is 30.0 Å². The number of piperidine rings is 1. The zero-order valence-electron chi connectivity index (χ0n) is 16.9. The molecule has 0 unspecified atom stereocenters. The van der Waals surface area contributed by atoms with E-state index in [9.17, 15) is 4.79 Å². The number of methoxy groups -OCH3 is 1. The fraction of sp³-hybridized carbons (Fsp3) is 0.292. The first-order chi connectivity index (χ1) is 14.6. The summed E-state index contributed by atoms with van der Waals surface area (Å²) in [4.78, 5) is 24.1. The minimum atomic E-state index is 0.137. The zero-order chi connectivity index (χ0) is 20.9. The van der Waals surface area contributed by atoms with Gasteiger partial charge in [0.2, 0.25) is 5.91 Å². The second-order valence-corrected chi connectivity index (χ2v) is 7.94. The van der Waals surface area contributed by atoms with E-state index in [1.807, 2.05) is 53.4 Å². The summed E-state index contributed by atoms with van der Waals surface area (Å²) < 4.78 is 5.19. The highest BCUT2D eigenvalue weighted by Crippen LogP contribution is 2.32. The number of hydrogen-bond acceptors (Lipinski definition) is 4. The molecule has 1 saturated heterocycles. The van der Waals surface area contributed by atoms with Crippen molar-refractivity contribution in [3.63, 3.8) is 0 Å². The molecule has 154 valence electrons. The standard InChI is InChI=1S/C24H24ClN3O2/c1-30-21-9-7-17(8-10-21)14-22(29)28-13-3-5-19(16-28)24-23(26-11-12-27-24)18-4-2-6-20(25)15-18/h2,4,6-12,15,19H,3,5,13-14,16H2,1H3/t19-/m1/s1. The SMILES string of the molecule is COc1ccc(CC(=O)N2CCC[C@@H](c3nccnc3-c3cccc(Cl)c3)C2)cc1. The summed E-state index contributed by atoms with van der Waals surface area (Å²) in [5.41, 5.74) is 3.71. The molecule has 1 amide bonds. The smallest absolute Gasteiger partial charge is 0.227 e. The van der Waals surface area contributed by atoms with E-state index in [2.05, 4.69) is 9.97 Å². The van der Waals surface area contributed by atoms with Crippen LogP contribution >= 0.6 is 11.6 Å². The number of carbonyl (C=O) groups is 1. The minimum absolute atomic E-state index is 0.137. The van der Waals surface area contributed by atoms with Crippen molar-refractivity contribution in [3.8, 4) is 17.0 Å². The molecule has 0 bridgehead atoms. The van der Waals surface area contributed by atoms with Gasteiger partial charge in [-0.2, -0.15) is 0 Å². The Morgan fingerprint density at radius 2 is 1.97 bits per heavy atom. The maximum Gasteiger partial charge on any atom is 0.227 e. The highest BCUT2D eigenvalue weighted by atomic mass is 35.5. The highest BCUT2D eigenvalue weighted by molar-refractivity contribution is 6.30. The third kappa shape index (κ3) is 4.62. The van der Waals surface area contributed by atoms with Crippen molar-refractivity contribution >= 4 is 17.5 Å². The van der Waals surface area contributed by atoms with Crippen molar-refractivity contribution in [1.82, 2.24) is 14.9 Å². The second-order valence-electron chi connectivity index (χ2n) is 7.50. The van der Waals surface area contributed by atoms with Crippen molar-refractivity contribution < 1.29 is 9.53 Å². The van der Waals surface area contributed by atoms with Crippen LogP contribution in [0.2, 0.25) is 5.02 Å². The summed E-state index contributed by atoms with van der Waals surface area (Å²) in [6.07, 6.45) is 5.75. The Hall–Kier alpha value is -2.92. The van der Waals surface area contributed by atoms with Crippen LogP contribution < -0.4 is 4.74 Å². The maximum absolute atomic E-state index is 12.9. The van der Waals surface area contributed by atoms with E-state index < -0.39 is 0 Å². The normalized spacial score (nSPS) is 16.3. The average molecular weight is 422 g/mol. The second kappa shape index (κ2) is 9.26. The molecule has 1 atom stereocenters. The van der Waals surface area contributed by atoms with Gasteiger partial charge in [0, 0.05) is 42.0 Å². The lowest BCUT2D eigenvalue weighted by molar-refractivity contribution is -0.131. The molecule has 4 rings (SSSR count). The lowest BCUT2D eigenvalue weighted by Crippen LogP contribution is -2.40. The van der Waals surface area contributed by atoms with Gasteiger partial charge >= 0.3 is 0 Å². The van der Waals surface area contributed by atoms with Crippen molar-refractivity contribution in [1.29, 1.82) is 0 Å². The van der Waals surface area contributed by atoms with E-state index in [0.29, 0.717) is 18.0 Å². The van der Waals surface area contributed by atoms with Gasteiger partial charge in [-0.15, -0.1) is 0 Å². The molecule has 6 heteroatoms. The Morgan fingerprint density at radius 3 is 2.73 bits per heavy atom. The van der Waals surface area contributed by atoms with E-state index in [-0.39, 0.29) is 11.8 Å². The first-order valence-electron chi connectivity index (χ1n) is 10.1. The summed E-state index contributed by atoms with van der Waals surface area (Å²) in [7, 11) is 1.64. The summed E-state index contributed by atoms with van der Waals surface area (Å²) in [5.74, 6) is 1.08. The van der Waals surface area contributed by atoms with Crippen LogP contribution in [0.5, 0.6) is 5.75 Å². The molecule has 0 radical (unpaired) electrons. The molecule has 2 aromatic carbocycles. The number of carbonyl (C=O) groups excluding carboxylic acids is 1. The Labute approximate surface area is 181 Å². The monoisotopic (exact) mass is 421 g/mol. The minimum Gasteiger partial charge on any atom is -0.497 e. The number of amides is 1. The maximum atomic E-state index is 12.9. The Morgan fingerprint density at radius 1 is 1.17 bits per heavy atom. The molecule has 0 spiro atoms. The number of benzene rings is 2. The van der Waals surface area contributed by atoms with Gasteiger partial charge in [0.15, 0.2) is 0 Å². The third-order valence-corrected chi connectivity index (χ3v) is 5.73. The molecule has 0 aliphatic carbocycles. The molecular weight excluding hydrogens is 398 g/mol. The summed E-state index contributed by atoms with van der Waals surface area (Å²) in [6, 6.07) is 15.3. The van der Waals surface area contributed by atoms with Crippen molar-refractivity contribution in [2.24, 2.45) is 0 Å². The van der Waals surface area contributed by atoms with Crippen LogP contribution in [0.15, 0.2) is 60.9 Å². The molecule has 1 fully saturated rings. The molecule has 1 aromatic heterocycles. The van der Waals surface area contributed by atoms with Crippen LogP contribution in [0, 0.1) is 0 Å². The molecule has 1 aliphatic heterocycles. The number of ether oxygens (including phenoxy) is 1. The highest BCUT2D eigenvalue weighted by Gasteiger charge is 2.28. The van der Waals surface area contributed by atoms with Crippen LogP contribution in [0.3, 0.4) is 0 Å². The number of hydrogen-bond donors (Lipinski definition) is 0. The first kappa shape index (κ1) is 20.4. The molecule has 30 heavy (non-hydrogen) atoms. The molecular formula is C24H24ClN3O2. The summed E-state index contributed by atoms with van der Waals surface area (Å²) in [6.45, 7) is 1.43. The van der Waals surface area contributed by atoms with E-state index >= 15 is 0 Å². The molecule has 2 heterocycles. The predicted molar refractivity (Wildman–Crippen MR) is 118 cm³/mol. The van der Waals surface area contributed by atoms with Crippen LogP contribution in [0.25, 0.3) is 11.3 Å². The molecule has 0 N–H and O–H groups in total. The fourth-order valence-corrected chi connectivity index (χ4v) is 4.15. The number of halogens is 1. The van der Waals surface area contributed by atoms with Crippen LogP contribution in [-0.4, -0.2) is 41.0 Å². The van der Waals surface area contributed by atoms with Gasteiger partial charge in [-0.25, -0.2) is 0 Å². The van der Waals surface area contributed by atoms with Gasteiger partial charge in [-0.1, -0.05) is 35.9 Å². The number of nitrogens with zero attached hydrogens (tertiary/aromatic N) is 3. The van der Waals surface area contributed by atoms with Gasteiger partial charge in [0.25, 0.3) is 0 Å². The fourth-order valence-electron chi connectivity index (χ4n) is 3.96. The number of rotatable bonds is 5. The summed E-state index contributed by atoms with van der Waals surface area (Å²) in [5, 5.41) is 0.670. The lowest BCUT2D eigenvalue weighted by atomic mass is 9.91. The third-order valence-electron chi connectivity index (χ3n) is 5.50. The van der Waals surface area contributed by atoms with Gasteiger partial charge < -0.3 is 9.64 Å². The van der Waals surface area contributed by atoms with Gasteiger partial charge in [-0.3, -0.25) is 14.8 Å². The van der Waals surface area contributed by atoms with Crippen molar-refractivity contribution in [3.05, 3.63) is 77.2 Å². The van der Waals surface area contributed by atoms with E-state index in [1.54, 1.807) is 19.5 Å². The first-order valence-corrected chi connectivity index (χ1v) is 10.5. The van der Waals surface area contributed by atoms with Gasteiger partial charge in [0.1, 0.15) is 5.75 Å². The Bertz CT molecular complexity index is 1020. The van der Waals surface area contributed by atoms with Crippen molar-refractivity contribution in [2.75, 3.05) is 20.2 Å². The topological polar surface area (TPSA) is 55.3 Å². The number of likely N-dealkylation sites (tertiary alicyclic amines) is 1. The largest absolute Gasteiger partial charge is 0.497 e. The zero-order valence-corrected chi connectivity index (χ0v) is 17.7. The van der Waals surface area contributed by atoms with E-state index in [4.69, 9.17) is 16.3 Å². The molecule has 1 aliphatic rings. The molecule has 0 saturated carbocycles. The molecule has 5 nitrogen and oxygen atoms in total. The van der Waals surface area contributed by atoms with Crippen molar-refractivity contribution in [2.45, 2.75) is 25.2 Å². The summed E-state index contributed by atoms with van der Waals surface area (Å²) >= 11 is 6.18. The van der Waals surface area contributed by atoms with E-state index in [0.717, 1.165) is 47.7 Å². The van der Waals surface area contributed by atoms with Crippen LogP contribution in [-0.2, 0) is 11.2 Å². The van der Waals surface area contributed by atoms with E-state index in [1.165, 1.54) is 0 Å². The van der Waals surface area contributed by atoms with Gasteiger partial charge in [-0.05, 0) is 42.7 Å². The average Bonchev–Trinajstić information content (AvgIpc) is 2.79. The van der Waals surface area contributed by atoms with Gasteiger partial charge in [0.05, 0.1) is 24.9 Å².